The number of halogens is 1. The minimum atomic E-state index is -0.621. The predicted molar refractivity (Wildman–Crippen MR) is 137 cm³/mol. The van der Waals surface area contributed by atoms with Gasteiger partial charge in [0.05, 0.1) is 28.7 Å². The van der Waals surface area contributed by atoms with Crippen molar-refractivity contribution in [3.05, 3.63) is 40.6 Å². The third kappa shape index (κ3) is 4.07. The summed E-state index contributed by atoms with van der Waals surface area (Å²) in [4.78, 5) is 15.4. The quantitative estimate of drug-likeness (QED) is 0.509. The minimum Gasteiger partial charge on any atom is -0.485 e. The second kappa shape index (κ2) is 8.46. The Morgan fingerprint density at radius 1 is 1.11 bits per heavy atom. The molecule has 2 fully saturated rings. The van der Waals surface area contributed by atoms with Crippen LogP contribution in [0.5, 0.6) is 5.75 Å². The van der Waals surface area contributed by atoms with Crippen molar-refractivity contribution in [2.45, 2.75) is 57.1 Å². The van der Waals surface area contributed by atoms with Crippen LogP contribution in [-0.2, 0) is 15.9 Å². The maximum Gasteiger partial charge on any atom is 0.204 e. The fraction of sp³-hybridized carbons (Fsp3) is 0.480. The van der Waals surface area contributed by atoms with E-state index in [0.29, 0.717) is 29.9 Å². The number of rotatable bonds is 4. The highest BCUT2D eigenvalue weighted by molar-refractivity contribution is 9.10. The molecule has 0 unspecified atom stereocenters. The van der Waals surface area contributed by atoms with Gasteiger partial charge >= 0.3 is 0 Å². The van der Waals surface area contributed by atoms with E-state index in [9.17, 15) is 0 Å². The molecule has 35 heavy (non-hydrogen) atoms. The van der Waals surface area contributed by atoms with E-state index in [1.54, 1.807) is 0 Å². The summed E-state index contributed by atoms with van der Waals surface area (Å²) in [5.74, 6) is 1.90. The molecular formula is C25H29BrN6O3. The van der Waals surface area contributed by atoms with Crippen molar-refractivity contribution in [3.8, 4) is 5.75 Å². The fourth-order valence-electron chi connectivity index (χ4n) is 5.75. The molecule has 1 aromatic carbocycles. The van der Waals surface area contributed by atoms with Gasteiger partial charge in [-0.1, -0.05) is 12.1 Å². The zero-order chi connectivity index (χ0) is 24.3. The fourth-order valence-corrected chi connectivity index (χ4v) is 6.08. The molecule has 1 aliphatic carbocycles. The number of aryl methyl sites for hydroxylation is 1. The summed E-state index contributed by atoms with van der Waals surface area (Å²) in [6, 6.07) is 8.55. The van der Waals surface area contributed by atoms with E-state index >= 15 is 0 Å². The summed E-state index contributed by atoms with van der Waals surface area (Å²) in [7, 11) is 0. The maximum absolute atomic E-state index is 6.44. The molecule has 0 bridgehead atoms. The van der Waals surface area contributed by atoms with Crippen LogP contribution in [-0.4, -0.2) is 52.1 Å². The summed E-state index contributed by atoms with van der Waals surface area (Å²) in [5, 5.41) is 1.07. The number of anilines is 3. The molecule has 1 saturated heterocycles. The van der Waals surface area contributed by atoms with Crippen LogP contribution in [0.2, 0.25) is 0 Å². The molecule has 4 atom stereocenters. The van der Waals surface area contributed by atoms with Crippen LogP contribution in [0.1, 0.15) is 32.3 Å². The first-order valence-corrected chi connectivity index (χ1v) is 12.8. The average Bonchev–Trinajstić information content (AvgIpc) is 3.31. The molecule has 2 aliphatic heterocycles. The third-order valence-electron chi connectivity index (χ3n) is 7.28. The monoisotopic (exact) mass is 540 g/mol. The maximum atomic E-state index is 6.44. The van der Waals surface area contributed by atoms with Crippen molar-refractivity contribution in [1.82, 2.24) is 15.0 Å². The number of aromatic nitrogens is 3. The molecule has 4 N–H and O–H groups in total. The molecule has 3 aromatic rings. The van der Waals surface area contributed by atoms with Gasteiger partial charge in [-0.3, -0.25) is 0 Å². The Kier molecular flexibility index (Phi) is 5.50. The smallest absolute Gasteiger partial charge is 0.204 e. The predicted octanol–water partition coefficient (Wildman–Crippen LogP) is 3.69. The Balaban J connectivity index is 1.24. The Hall–Kier alpha value is -2.69. The summed E-state index contributed by atoms with van der Waals surface area (Å²) < 4.78 is 19.5. The van der Waals surface area contributed by atoms with Gasteiger partial charge in [-0.05, 0) is 72.7 Å². The molecule has 4 heterocycles. The van der Waals surface area contributed by atoms with E-state index in [2.05, 4.69) is 54.0 Å². The Morgan fingerprint density at radius 3 is 2.80 bits per heavy atom. The van der Waals surface area contributed by atoms with Crippen molar-refractivity contribution in [2.24, 2.45) is 5.92 Å². The first-order chi connectivity index (χ1) is 16.8. The van der Waals surface area contributed by atoms with Gasteiger partial charge in [-0.2, -0.15) is 0 Å². The van der Waals surface area contributed by atoms with Crippen LogP contribution in [0.15, 0.2) is 35.1 Å². The number of hydrogen-bond donors (Lipinski definition) is 2. The van der Waals surface area contributed by atoms with Gasteiger partial charge < -0.3 is 30.6 Å². The first kappa shape index (κ1) is 22.8. The number of hydrogen-bond acceptors (Lipinski definition) is 9. The zero-order valence-corrected chi connectivity index (χ0v) is 21.4. The number of nitrogen functional groups attached to an aromatic ring is 2. The lowest BCUT2D eigenvalue weighted by molar-refractivity contribution is -0.158. The number of pyridine rings is 1. The number of benzene rings is 1. The highest BCUT2D eigenvalue weighted by atomic mass is 79.9. The highest BCUT2D eigenvalue weighted by Gasteiger charge is 2.55. The zero-order valence-electron chi connectivity index (χ0n) is 19.8. The topological polar surface area (TPSA) is 122 Å². The Bertz CT molecular complexity index is 1290. The van der Waals surface area contributed by atoms with Crippen LogP contribution in [0.3, 0.4) is 0 Å². The Morgan fingerprint density at radius 2 is 1.94 bits per heavy atom. The van der Waals surface area contributed by atoms with Crippen molar-refractivity contribution >= 4 is 44.3 Å². The second-order valence-electron chi connectivity index (χ2n) is 10.0. The highest BCUT2D eigenvalue weighted by Crippen LogP contribution is 2.47. The van der Waals surface area contributed by atoms with Gasteiger partial charge in [-0.25, -0.2) is 15.0 Å². The number of nitrogens with two attached hydrogens (primary N) is 2. The average molecular weight is 541 g/mol. The van der Waals surface area contributed by atoms with Crippen molar-refractivity contribution in [3.63, 3.8) is 0 Å². The van der Waals surface area contributed by atoms with Crippen LogP contribution >= 0.6 is 15.9 Å². The standard InChI is InChI=1S/C25H29BrN6O3/c1-25(2)34-19-15(6-4-13-3-5-14-10-16(26)22(27)31-17(14)9-13)11-18(20(19)35-25)32-7-8-33-21-23(28)29-12-30-24(21)32/h3,5,9-10,12,15,18-20H,4,6-8,11H2,1-2H3,(H2,27,31)(H2,28,29,30)/t15-,18+,19+,20-/m0/s1. The summed E-state index contributed by atoms with van der Waals surface area (Å²) in [6.07, 6.45) is 4.32. The molecule has 1 saturated carbocycles. The minimum absolute atomic E-state index is 0.0191. The van der Waals surface area contributed by atoms with Crippen molar-refractivity contribution < 1.29 is 14.2 Å². The van der Waals surface area contributed by atoms with E-state index in [1.165, 1.54) is 11.9 Å². The molecule has 6 rings (SSSR count). The lowest BCUT2D eigenvalue weighted by Crippen LogP contribution is -2.47. The van der Waals surface area contributed by atoms with Gasteiger partial charge in [0.2, 0.25) is 5.75 Å². The Labute approximate surface area is 212 Å². The summed E-state index contributed by atoms with van der Waals surface area (Å²) in [5.41, 5.74) is 14.2. The summed E-state index contributed by atoms with van der Waals surface area (Å²) in [6.45, 7) is 5.24. The van der Waals surface area contributed by atoms with E-state index in [4.69, 9.17) is 25.7 Å². The van der Waals surface area contributed by atoms with E-state index in [0.717, 1.165) is 47.0 Å². The SMILES string of the molecule is CC1(C)O[C@@H]2[C@@H](CCc3ccc4cc(Br)c(N)nc4c3)C[C@@H](N3CCOc4c(N)ncnc43)[C@@H]2O1. The molecule has 0 amide bonds. The lowest BCUT2D eigenvalue weighted by atomic mass is 9.95. The molecule has 0 spiro atoms. The molecule has 0 radical (unpaired) electrons. The van der Waals surface area contributed by atoms with Gasteiger partial charge in [0.25, 0.3) is 0 Å². The number of nitrogens with zero attached hydrogens (tertiary/aromatic N) is 4. The van der Waals surface area contributed by atoms with Crippen molar-refractivity contribution in [1.29, 1.82) is 0 Å². The van der Waals surface area contributed by atoms with Gasteiger partial charge in [0.1, 0.15) is 24.9 Å². The molecule has 2 aromatic heterocycles. The lowest BCUT2D eigenvalue weighted by Gasteiger charge is -2.37. The van der Waals surface area contributed by atoms with Crippen LogP contribution in [0, 0.1) is 5.92 Å². The number of fused-ring (bicyclic) bond motifs is 3. The van der Waals surface area contributed by atoms with E-state index < -0.39 is 5.79 Å². The second-order valence-corrected chi connectivity index (χ2v) is 10.9. The molecule has 10 heteroatoms. The van der Waals surface area contributed by atoms with Crippen LogP contribution < -0.4 is 21.1 Å². The van der Waals surface area contributed by atoms with Gasteiger partial charge in [-0.15, -0.1) is 0 Å². The van der Waals surface area contributed by atoms with E-state index in [1.807, 2.05) is 19.9 Å². The normalized spacial score (nSPS) is 27.0. The largest absolute Gasteiger partial charge is 0.485 e. The van der Waals surface area contributed by atoms with E-state index in [-0.39, 0.29) is 18.2 Å². The molecule has 3 aliphatic rings. The molecule has 9 nitrogen and oxygen atoms in total. The van der Waals surface area contributed by atoms with Gasteiger partial charge in [0, 0.05) is 5.39 Å². The van der Waals surface area contributed by atoms with Gasteiger partial charge in [0.15, 0.2) is 17.4 Å². The summed E-state index contributed by atoms with van der Waals surface area (Å²) >= 11 is 3.46. The number of ether oxygens (including phenoxy) is 3. The van der Waals surface area contributed by atoms with Crippen molar-refractivity contribution in [2.75, 3.05) is 29.5 Å². The molecular weight excluding hydrogens is 512 g/mol. The van der Waals surface area contributed by atoms with Crippen LogP contribution in [0.25, 0.3) is 10.9 Å². The first-order valence-electron chi connectivity index (χ1n) is 12.0. The van der Waals surface area contributed by atoms with Crippen LogP contribution in [0.4, 0.5) is 17.5 Å². The third-order valence-corrected chi connectivity index (χ3v) is 7.92. The molecule has 184 valence electrons.